The van der Waals surface area contributed by atoms with E-state index in [0.29, 0.717) is 22.9 Å². The average Bonchev–Trinajstić information content (AvgIpc) is 3.04. The van der Waals surface area contributed by atoms with Gasteiger partial charge in [0.1, 0.15) is 5.82 Å². The Morgan fingerprint density at radius 1 is 1.21 bits per heavy atom. The Bertz CT molecular complexity index is 873. The van der Waals surface area contributed by atoms with Crippen LogP contribution in [0, 0.1) is 5.82 Å². The summed E-state index contributed by atoms with van der Waals surface area (Å²) in [7, 11) is 0. The Labute approximate surface area is 143 Å². The minimum Gasteiger partial charge on any atom is -0.301 e. The first-order valence-electron chi connectivity index (χ1n) is 7.61. The van der Waals surface area contributed by atoms with Crippen LogP contribution < -0.4 is 5.56 Å². The maximum atomic E-state index is 12.9. The van der Waals surface area contributed by atoms with Crippen molar-refractivity contribution in [3.05, 3.63) is 75.7 Å². The highest BCUT2D eigenvalue weighted by molar-refractivity contribution is 7.98. The average molecular weight is 344 g/mol. The lowest BCUT2D eigenvalue weighted by Gasteiger charge is -2.03. The molecule has 0 radical (unpaired) electrons. The van der Waals surface area contributed by atoms with Gasteiger partial charge in [0, 0.05) is 36.7 Å². The molecule has 0 atom stereocenters. The molecule has 1 aromatic carbocycles. The predicted octanol–water partition coefficient (Wildman–Crippen LogP) is 3.01. The number of thioether (sulfide) groups is 1. The molecule has 3 rings (SSSR count). The smallest absolute Gasteiger partial charge is 0.255 e. The van der Waals surface area contributed by atoms with Crippen LogP contribution in [0.3, 0.4) is 0 Å². The van der Waals surface area contributed by atoms with Gasteiger partial charge in [-0.3, -0.25) is 9.48 Å². The lowest BCUT2D eigenvalue weighted by Crippen LogP contribution is -2.14. The summed E-state index contributed by atoms with van der Waals surface area (Å²) in [6.45, 7) is 2.81. The van der Waals surface area contributed by atoms with Gasteiger partial charge in [0.25, 0.3) is 5.56 Å². The summed E-state index contributed by atoms with van der Waals surface area (Å²) in [5.41, 5.74) is 2.42. The van der Waals surface area contributed by atoms with Crippen LogP contribution in [0.4, 0.5) is 4.39 Å². The van der Waals surface area contributed by atoms with E-state index in [1.54, 1.807) is 24.5 Å². The number of nitrogens with one attached hydrogen (secondary N) is 1. The molecule has 5 nitrogen and oxygen atoms in total. The van der Waals surface area contributed by atoms with Crippen molar-refractivity contribution in [2.24, 2.45) is 0 Å². The third-order valence-corrected chi connectivity index (χ3v) is 4.50. The van der Waals surface area contributed by atoms with Gasteiger partial charge in [0.05, 0.1) is 6.20 Å². The molecule has 0 aliphatic rings. The lowest BCUT2D eigenvalue weighted by atomic mass is 10.1. The van der Waals surface area contributed by atoms with E-state index in [2.05, 4.69) is 15.1 Å². The van der Waals surface area contributed by atoms with Crippen molar-refractivity contribution in [2.75, 3.05) is 0 Å². The Kier molecular flexibility index (Phi) is 5.10. The largest absolute Gasteiger partial charge is 0.301 e. The molecule has 1 N–H and O–H groups in total. The number of H-pyrrole nitrogens is 1. The van der Waals surface area contributed by atoms with E-state index < -0.39 is 0 Å². The van der Waals surface area contributed by atoms with Crippen LogP contribution in [-0.2, 0) is 18.7 Å². The Morgan fingerprint density at radius 3 is 2.67 bits per heavy atom. The van der Waals surface area contributed by atoms with E-state index in [9.17, 15) is 9.18 Å². The van der Waals surface area contributed by atoms with Gasteiger partial charge in [-0.15, -0.1) is 0 Å². The second-order valence-electron chi connectivity index (χ2n) is 5.34. The van der Waals surface area contributed by atoms with E-state index in [0.717, 1.165) is 17.7 Å². The third kappa shape index (κ3) is 4.11. The normalized spacial score (nSPS) is 10.9. The molecule has 0 saturated heterocycles. The number of hydrogen-bond acceptors (Lipinski definition) is 4. The van der Waals surface area contributed by atoms with Crippen molar-refractivity contribution in [1.29, 1.82) is 0 Å². The Balaban J connectivity index is 1.65. The summed E-state index contributed by atoms with van der Waals surface area (Å²) < 4.78 is 14.7. The highest BCUT2D eigenvalue weighted by atomic mass is 32.2. The zero-order valence-corrected chi connectivity index (χ0v) is 14.0. The van der Waals surface area contributed by atoms with Crippen LogP contribution in [0.1, 0.15) is 23.6 Å². The molecule has 24 heavy (non-hydrogen) atoms. The molecule has 0 saturated carbocycles. The van der Waals surface area contributed by atoms with Crippen LogP contribution in [0.5, 0.6) is 0 Å². The van der Waals surface area contributed by atoms with Crippen molar-refractivity contribution in [3.8, 4) is 0 Å². The van der Waals surface area contributed by atoms with E-state index in [1.807, 2.05) is 17.8 Å². The standard InChI is InChI=1S/C17H17FN4OS/c1-2-22-10-13(8-20-22)7-14-9-19-17(21-16(14)23)24-11-12-3-5-15(18)6-4-12/h3-6,8-10H,2,7,11H2,1H3,(H,19,21,23). The number of benzene rings is 1. The number of aryl methyl sites for hydroxylation is 1. The number of nitrogens with zero attached hydrogens (tertiary/aromatic N) is 3. The minimum absolute atomic E-state index is 0.143. The van der Waals surface area contributed by atoms with E-state index in [-0.39, 0.29) is 11.4 Å². The molecular formula is C17H17FN4OS. The molecule has 2 heterocycles. The zero-order chi connectivity index (χ0) is 16.9. The third-order valence-electron chi connectivity index (χ3n) is 3.54. The lowest BCUT2D eigenvalue weighted by molar-refractivity contribution is 0.627. The van der Waals surface area contributed by atoms with Crippen LogP contribution in [0.25, 0.3) is 0 Å². The van der Waals surface area contributed by atoms with Crippen molar-refractivity contribution in [3.63, 3.8) is 0 Å². The summed E-state index contributed by atoms with van der Waals surface area (Å²) in [4.78, 5) is 19.3. The summed E-state index contributed by atoms with van der Waals surface area (Å²) in [6, 6.07) is 6.29. The number of aromatic amines is 1. The number of aromatic nitrogens is 4. The highest BCUT2D eigenvalue weighted by Crippen LogP contribution is 2.18. The summed E-state index contributed by atoms with van der Waals surface area (Å²) in [5, 5.41) is 4.75. The van der Waals surface area contributed by atoms with Gasteiger partial charge in [0.15, 0.2) is 5.16 Å². The van der Waals surface area contributed by atoms with Gasteiger partial charge in [-0.2, -0.15) is 5.10 Å². The van der Waals surface area contributed by atoms with Gasteiger partial charge < -0.3 is 4.98 Å². The Morgan fingerprint density at radius 2 is 2.00 bits per heavy atom. The minimum atomic E-state index is -0.258. The van der Waals surface area contributed by atoms with Gasteiger partial charge in [-0.25, -0.2) is 9.37 Å². The maximum absolute atomic E-state index is 12.9. The molecule has 0 bridgehead atoms. The second-order valence-corrected chi connectivity index (χ2v) is 6.30. The SMILES string of the molecule is CCn1cc(Cc2cnc(SCc3ccc(F)cc3)[nH]c2=O)cn1. The maximum Gasteiger partial charge on any atom is 0.255 e. The molecule has 0 spiro atoms. The fourth-order valence-electron chi connectivity index (χ4n) is 2.23. The monoisotopic (exact) mass is 344 g/mol. The van der Waals surface area contributed by atoms with Crippen LogP contribution >= 0.6 is 11.8 Å². The highest BCUT2D eigenvalue weighted by Gasteiger charge is 2.07. The summed E-state index contributed by atoms with van der Waals surface area (Å²) in [6.07, 6.45) is 5.80. The van der Waals surface area contributed by atoms with Gasteiger partial charge >= 0.3 is 0 Å². The molecule has 7 heteroatoms. The first-order chi connectivity index (χ1) is 11.6. The molecule has 0 amide bonds. The summed E-state index contributed by atoms with van der Waals surface area (Å²) >= 11 is 1.41. The fourth-order valence-corrected chi connectivity index (χ4v) is 3.01. The molecule has 124 valence electrons. The molecule has 3 aromatic rings. The first kappa shape index (κ1) is 16.4. The van der Waals surface area contributed by atoms with Crippen molar-refractivity contribution < 1.29 is 4.39 Å². The second kappa shape index (κ2) is 7.44. The Hall–Kier alpha value is -2.41. The van der Waals surface area contributed by atoms with Gasteiger partial charge in [-0.05, 0) is 30.2 Å². The van der Waals surface area contributed by atoms with Crippen molar-refractivity contribution >= 4 is 11.8 Å². The predicted molar refractivity (Wildman–Crippen MR) is 91.5 cm³/mol. The molecule has 2 aromatic heterocycles. The molecule has 0 aliphatic carbocycles. The van der Waals surface area contributed by atoms with Crippen LogP contribution in [0.2, 0.25) is 0 Å². The van der Waals surface area contributed by atoms with Crippen molar-refractivity contribution in [1.82, 2.24) is 19.7 Å². The quantitative estimate of drug-likeness (QED) is 0.551. The number of rotatable bonds is 6. The van der Waals surface area contributed by atoms with Gasteiger partial charge in [-0.1, -0.05) is 23.9 Å². The molecule has 0 unspecified atom stereocenters. The van der Waals surface area contributed by atoms with E-state index in [4.69, 9.17) is 0 Å². The molecule has 0 fully saturated rings. The molecular weight excluding hydrogens is 327 g/mol. The summed E-state index contributed by atoms with van der Waals surface area (Å²) in [5.74, 6) is 0.359. The zero-order valence-electron chi connectivity index (χ0n) is 13.2. The number of halogens is 1. The van der Waals surface area contributed by atoms with E-state index in [1.165, 1.54) is 23.9 Å². The topological polar surface area (TPSA) is 63.6 Å². The van der Waals surface area contributed by atoms with Crippen LogP contribution in [-0.4, -0.2) is 19.7 Å². The number of hydrogen-bond donors (Lipinski definition) is 1. The van der Waals surface area contributed by atoms with E-state index >= 15 is 0 Å². The van der Waals surface area contributed by atoms with Crippen molar-refractivity contribution in [2.45, 2.75) is 30.8 Å². The fraction of sp³-hybridized carbons (Fsp3) is 0.235. The van der Waals surface area contributed by atoms with Gasteiger partial charge in [0.2, 0.25) is 0 Å². The van der Waals surface area contributed by atoms with Crippen LogP contribution in [0.15, 0.2) is 52.8 Å². The molecule has 0 aliphatic heterocycles. The first-order valence-corrected chi connectivity index (χ1v) is 8.59.